The van der Waals surface area contributed by atoms with Gasteiger partial charge in [-0.15, -0.1) is 0 Å². The largest absolute Gasteiger partial charge is 0.481 e. The molecule has 0 aromatic rings. The summed E-state index contributed by atoms with van der Waals surface area (Å²) in [4.78, 5) is 21.5. The summed E-state index contributed by atoms with van der Waals surface area (Å²) in [6.07, 6.45) is 3.02. The molecule has 0 aromatic heterocycles. The van der Waals surface area contributed by atoms with Crippen molar-refractivity contribution in [2.75, 3.05) is 12.0 Å². The van der Waals surface area contributed by atoms with Gasteiger partial charge in [0, 0.05) is 6.04 Å². The average molecular weight is 203 g/mol. The number of thioether (sulfide) groups is 1. The molecule has 1 aliphatic rings. The molecule has 74 valence electrons. The zero-order chi connectivity index (χ0) is 9.84. The van der Waals surface area contributed by atoms with Gasteiger partial charge < -0.3 is 10.4 Å². The number of carboxylic acids is 1. The van der Waals surface area contributed by atoms with Crippen LogP contribution in [0.5, 0.6) is 0 Å². The van der Waals surface area contributed by atoms with Crippen molar-refractivity contribution >= 4 is 23.6 Å². The van der Waals surface area contributed by atoms with Crippen LogP contribution in [0.15, 0.2) is 0 Å². The van der Waals surface area contributed by atoms with E-state index in [0.717, 1.165) is 0 Å². The number of carbonyl (C=O) groups excluding carboxylic acids is 1. The van der Waals surface area contributed by atoms with Gasteiger partial charge in [0.05, 0.1) is 11.7 Å². The molecule has 4 nitrogen and oxygen atoms in total. The molecule has 0 aliphatic heterocycles. The second-order valence-electron chi connectivity index (χ2n) is 3.20. The van der Waals surface area contributed by atoms with Crippen LogP contribution in [0.4, 0.5) is 0 Å². The number of amides is 1. The molecule has 1 aliphatic carbocycles. The molecule has 1 amide bonds. The Morgan fingerprint density at radius 3 is 2.62 bits per heavy atom. The third-order valence-corrected chi connectivity index (χ3v) is 2.68. The molecule has 1 fully saturated rings. The number of carboxylic acid groups (broad SMARTS) is 1. The summed E-state index contributed by atoms with van der Waals surface area (Å²) in [6.45, 7) is 0. The van der Waals surface area contributed by atoms with Crippen molar-refractivity contribution in [1.29, 1.82) is 0 Å². The molecule has 0 radical (unpaired) electrons. The summed E-state index contributed by atoms with van der Waals surface area (Å²) in [6, 6.07) is 0.0840. The zero-order valence-corrected chi connectivity index (χ0v) is 8.26. The van der Waals surface area contributed by atoms with Crippen LogP contribution in [0.25, 0.3) is 0 Å². The van der Waals surface area contributed by atoms with Gasteiger partial charge in [0.25, 0.3) is 0 Å². The predicted molar refractivity (Wildman–Crippen MR) is 50.7 cm³/mol. The maximum Gasteiger partial charge on any atom is 0.306 e. The van der Waals surface area contributed by atoms with E-state index in [2.05, 4.69) is 5.32 Å². The molecule has 1 rings (SSSR count). The van der Waals surface area contributed by atoms with Crippen molar-refractivity contribution in [2.45, 2.75) is 18.9 Å². The van der Waals surface area contributed by atoms with E-state index in [4.69, 9.17) is 5.11 Å². The normalized spacial score (nSPS) is 26.2. The fraction of sp³-hybridized carbons (Fsp3) is 0.750. The Hall–Kier alpha value is -0.710. The molecule has 2 N–H and O–H groups in total. The highest BCUT2D eigenvalue weighted by Crippen LogP contribution is 2.27. The third-order valence-electron chi connectivity index (χ3n) is 2.13. The van der Waals surface area contributed by atoms with Crippen LogP contribution >= 0.6 is 11.8 Å². The molecule has 0 spiro atoms. The average Bonchev–Trinajstić information content (AvgIpc) is 1.95. The van der Waals surface area contributed by atoms with Gasteiger partial charge in [-0.2, -0.15) is 11.8 Å². The molecular weight excluding hydrogens is 190 g/mol. The number of hydrogen-bond donors (Lipinski definition) is 2. The van der Waals surface area contributed by atoms with E-state index in [9.17, 15) is 9.59 Å². The Balaban J connectivity index is 2.14. The summed E-state index contributed by atoms with van der Waals surface area (Å²) < 4.78 is 0. The summed E-state index contributed by atoms with van der Waals surface area (Å²) in [7, 11) is 0. The number of aliphatic carboxylic acids is 1. The molecule has 0 bridgehead atoms. The lowest BCUT2D eigenvalue weighted by atomic mass is 9.80. The van der Waals surface area contributed by atoms with Gasteiger partial charge in [-0.05, 0) is 19.1 Å². The Kier molecular flexibility index (Phi) is 3.59. The highest BCUT2D eigenvalue weighted by molar-refractivity contribution is 7.99. The smallest absolute Gasteiger partial charge is 0.306 e. The van der Waals surface area contributed by atoms with Crippen LogP contribution in [-0.4, -0.2) is 35.0 Å². The summed E-state index contributed by atoms with van der Waals surface area (Å²) in [5.41, 5.74) is 0. The Bertz CT molecular complexity index is 213. The zero-order valence-electron chi connectivity index (χ0n) is 7.45. The molecule has 0 heterocycles. The van der Waals surface area contributed by atoms with Crippen molar-refractivity contribution in [3.05, 3.63) is 0 Å². The van der Waals surface area contributed by atoms with E-state index in [-0.39, 0.29) is 17.9 Å². The first-order chi connectivity index (χ1) is 6.13. The maximum absolute atomic E-state index is 11.0. The summed E-state index contributed by atoms with van der Waals surface area (Å²) >= 11 is 1.47. The lowest BCUT2D eigenvalue weighted by Crippen LogP contribution is -2.47. The first-order valence-electron chi connectivity index (χ1n) is 4.14. The molecule has 0 atom stereocenters. The van der Waals surface area contributed by atoms with E-state index in [1.165, 1.54) is 11.8 Å². The van der Waals surface area contributed by atoms with Crippen LogP contribution in [0.2, 0.25) is 0 Å². The van der Waals surface area contributed by atoms with E-state index >= 15 is 0 Å². The minimum Gasteiger partial charge on any atom is -0.481 e. The van der Waals surface area contributed by atoms with Crippen LogP contribution < -0.4 is 5.32 Å². The lowest BCUT2D eigenvalue weighted by Gasteiger charge is -2.32. The van der Waals surface area contributed by atoms with Gasteiger partial charge in [0.15, 0.2) is 0 Å². The minimum absolute atomic E-state index is 0.00124. The van der Waals surface area contributed by atoms with Crippen molar-refractivity contribution in [2.24, 2.45) is 5.92 Å². The topological polar surface area (TPSA) is 66.4 Å². The van der Waals surface area contributed by atoms with Crippen LogP contribution in [0.3, 0.4) is 0 Å². The molecule has 0 saturated heterocycles. The van der Waals surface area contributed by atoms with Gasteiger partial charge in [-0.25, -0.2) is 0 Å². The van der Waals surface area contributed by atoms with Gasteiger partial charge in [0.2, 0.25) is 5.91 Å². The number of carbonyl (C=O) groups is 2. The third kappa shape index (κ3) is 2.91. The Morgan fingerprint density at radius 1 is 1.54 bits per heavy atom. The van der Waals surface area contributed by atoms with E-state index in [0.29, 0.717) is 18.6 Å². The van der Waals surface area contributed by atoms with Crippen molar-refractivity contribution < 1.29 is 14.7 Å². The quantitative estimate of drug-likeness (QED) is 0.691. The number of rotatable bonds is 4. The molecule has 0 unspecified atom stereocenters. The fourth-order valence-corrected chi connectivity index (χ4v) is 1.68. The predicted octanol–water partition coefficient (Wildman–Crippen LogP) is 0.329. The molecule has 5 heteroatoms. The molecule has 0 aromatic carbocycles. The highest BCUT2D eigenvalue weighted by Gasteiger charge is 2.34. The first-order valence-corrected chi connectivity index (χ1v) is 5.54. The monoisotopic (exact) mass is 203 g/mol. The number of hydrogen-bond acceptors (Lipinski definition) is 3. The van der Waals surface area contributed by atoms with Gasteiger partial charge >= 0.3 is 5.97 Å². The van der Waals surface area contributed by atoms with E-state index < -0.39 is 5.97 Å². The van der Waals surface area contributed by atoms with Crippen molar-refractivity contribution in [1.82, 2.24) is 5.32 Å². The van der Waals surface area contributed by atoms with Gasteiger partial charge in [-0.3, -0.25) is 9.59 Å². The van der Waals surface area contributed by atoms with E-state index in [1.54, 1.807) is 0 Å². The molecule has 13 heavy (non-hydrogen) atoms. The fourth-order valence-electron chi connectivity index (χ4n) is 1.34. The standard InChI is InChI=1S/C8H13NO3S/c1-13-4-7(10)9-6-2-5(3-6)8(11)12/h5-6H,2-4H2,1H3,(H,9,10)(H,11,12). The molecule has 1 saturated carbocycles. The number of nitrogens with one attached hydrogen (secondary N) is 1. The van der Waals surface area contributed by atoms with Crippen LogP contribution in [0.1, 0.15) is 12.8 Å². The van der Waals surface area contributed by atoms with Crippen molar-refractivity contribution in [3.63, 3.8) is 0 Å². The van der Waals surface area contributed by atoms with Crippen LogP contribution in [0, 0.1) is 5.92 Å². The van der Waals surface area contributed by atoms with Crippen molar-refractivity contribution in [3.8, 4) is 0 Å². The highest BCUT2D eigenvalue weighted by atomic mass is 32.2. The van der Waals surface area contributed by atoms with Crippen LogP contribution in [-0.2, 0) is 9.59 Å². The molecular formula is C8H13NO3S. The van der Waals surface area contributed by atoms with E-state index in [1.807, 2.05) is 6.26 Å². The maximum atomic E-state index is 11.0. The second-order valence-corrected chi connectivity index (χ2v) is 4.07. The minimum atomic E-state index is -0.754. The Morgan fingerprint density at radius 2 is 2.15 bits per heavy atom. The SMILES string of the molecule is CSCC(=O)NC1CC(C(=O)O)C1. The lowest BCUT2D eigenvalue weighted by molar-refractivity contribution is -0.146. The summed E-state index contributed by atoms with van der Waals surface area (Å²) in [5, 5.41) is 11.4. The van der Waals surface area contributed by atoms with Gasteiger partial charge in [-0.1, -0.05) is 0 Å². The Labute approximate surface area is 81.1 Å². The summed E-state index contributed by atoms with van der Waals surface area (Å²) in [5.74, 6) is -0.551. The first kappa shape index (κ1) is 10.4. The van der Waals surface area contributed by atoms with Gasteiger partial charge in [0.1, 0.15) is 0 Å². The second kappa shape index (κ2) is 4.50.